The van der Waals surface area contributed by atoms with E-state index >= 15 is 0 Å². The number of pyridine rings is 1. The number of carbonyl (C=O) groups excluding carboxylic acids is 1. The second-order valence-corrected chi connectivity index (χ2v) is 6.13. The van der Waals surface area contributed by atoms with Crippen molar-refractivity contribution in [2.75, 3.05) is 23.7 Å². The van der Waals surface area contributed by atoms with Crippen LogP contribution in [0.5, 0.6) is 0 Å². The topological polar surface area (TPSA) is 97.0 Å². The van der Waals surface area contributed by atoms with Gasteiger partial charge in [-0.2, -0.15) is 4.98 Å². The zero-order valence-corrected chi connectivity index (χ0v) is 13.9. The second kappa shape index (κ2) is 7.44. The van der Waals surface area contributed by atoms with Gasteiger partial charge in [0, 0.05) is 44.0 Å². The van der Waals surface area contributed by atoms with E-state index in [2.05, 4.69) is 25.2 Å². The fraction of sp³-hybridized carbons (Fsp3) is 0.375. The summed E-state index contributed by atoms with van der Waals surface area (Å²) in [4.78, 5) is 26.5. The van der Waals surface area contributed by atoms with Crippen molar-refractivity contribution in [3.63, 3.8) is 0 Å². The van der Waals surface area contributed by atoms with Crippen molar-refractivity contribution in [1.29, 1.82) is 0 Å². The molecule has 2 aromatic heterocycles. The lowest BCUT2D eigenvalue weighted by Gasteiger charge is -2.32. The van der Waals surface area contributed by atoms with Crippen LogP contribution in [0.25, 0.3) is 0 Å². The van der Waals surface area contributed by atoms with Crippen molar-refractivity contribution in [3.05, 3.63) is 41.3 Å². The largest absolute Gasteiger partial charge is 0.368 e. The fourth-order valence-corrected chi connectivity index (χ4v) is 2.98. The summed E-state index contributed by atoms with van der Waals surface area (Å²) in [6.07, 6.45) is 5.00. The predicted octanol–water partition coefficient (Wildman–Crippen LogP) is 1.64. The van der Waals surface area contributed by atoms with Gasteiger partial charge >= 0.3 is 0 Å². The van der Waals surface area contributed by atoms with E-state index in [1.165, 1.54) is 0 Å². The molecule has 3 heterocycles. The first-order valence-corrected chi connectivity index (χ1v) is 8.21. The molecular formula is C16H19ClN6O. The van der Waals surface area contributed by atoms with E-state index in [4.69, 9.17) is 17.3 Å². The highest BCUT2D eigenvalue weighted by Crippen LogP contribution is 2.24. The molecule has 0 saturated carbocycles. The number of nitrogens with two attached hydrogens (primary N) is 1. The SMILES string of the molecule is Nc1nc(Cl)cc(N2CCC(C(=O)NCc3cccnc3)CC2)n1. The Morgan fingerprint density at radius 3 is 2.83 bits per heavy atom. The summed E-state index contributed by atoms with van der Waals surface area (Å²) in [5.41, 5.74) is 6.63. The third-order valence-electron chi connectivity index (χ3n) is 4.08. The van der Waals surface area contributed by atoms with Gasteiger partial charge in [0.1, 0.15) is 11.0 Å². The molecule has 0 bridgehead atoms. The van der Waals surface area contributed by atoms with Crippen LogP contribution in [-0.4, -0.2) is 33.9 Å². The molecule has 0 aromatic carbocycles. The van der Waals surface area contributed by atoms with E-state index in [1.54, 1.807) is 18.5 Å². The van der Waals surface area contributed by atoms with Crippen LogP contribution in [0.15, 0.2) is 30.6 Å². The molecule has 1 amide bonds. The molecule has 0 radical (unpaired) electrons. The molecule has 2 aromatic rings. The highest BCUT2D eigenvalue weighted by Gasteiger charge is 2.25. The van der Waals surface area contributed by atoms with E-state index < -0.39 is 0 Å². The fourth-order valence-electron chi connectivity index (χ4n) is 2.79. The van der Waals surface area contributed by atoms with Crippen molar-refractivity contribution < 1.29 is 4.79 Å². The molecule has 24 heavy (non-hydrogen) atoms. The Morgan fingerprint density at radius 1 is 1.38 bits per heavy atom. The van der Waals surface area contributed by atoms with Crippen molar-refractivity contribution in [1.82, 2.24) is 20.3 Å². The first kappa shape index (κ1) is 16.4. The van der Waals surface area contributed by atoms with E-state index in [-0.39, 0.29) is 17.8 Å². The first-order chi connectivity index (χ1) is 11.6. The van der Waals surface area contributed by atoms with Crippen LogP contribution >= 0.6 is 11.6 Å². The third kappa shape index (κ3) is 4.11. The lowest BCUT2D eigenvalue weighted by atomic mass is 9.96. The quantitative estimate of drug-likeness (QED) is 0.817. The minimum Gasteiger partial charge on any atom is -0.368 e. The van der Waals surface area contributed by atoms with Gasteiger partial charge in [0.15, 0.2) is 0 Å². The number of nitrogens with one attached hydrogen (secondary N) is 1. The second-order valence-electron chi connectivity index (χ2n) is 5.75. The number of halogens is 1. The Bertz CT molecular complexity index is 683. The lowest BCUT2D eigenvalue weighted by Crippen LogP contribution is -2.40. The normalized spacial score (nSPS) is 15.3. The minimum absolute atomic E-state index is 0.00702. The average molecular weight is 347 g/mol. The predicted molar refractivity (Wildman–Crippen MR) is 92.5 cm³/mol. The van der Waals surface area contributed by atoms with Crippen LogP contribution in [0.1, 0.15) is 18.4 Å². The third-order valence-corrected chi connectivity index (χ3v) is 4.27. The standard InChI is InChI=1S/C16H19ClN6O/c17-13-8-14(22-16(18)21-13)23-6-3-12(4-7-23)15(24)20-10-11-2-1-5-19-9-11/h1-2,5,8-9,12H,3-4,6-7,10H2,(H,20,24)(H2,18,21,22). The Hall–Kier alpha value is -2.41. The molecule has 3 N–H and O–H groups in total. The summed E-state index contributed by atoms with van der Waals surface area (Å²) in [6.45, 7) is 1.97. The lowest BCUT2D eigenvalue weighted by molar-refractivity contribution is -0.125. The molecule has 1 saturated heterocycles. The van der Waals surface area contributed by atoms with Crippen LogP contribution < -0.4 is 16.0 Å². The number of piperidine rings is 1. The van der Waals surface area contributed by atoms with E-state index in [1.807, 2.05) is 12.1 Å². The van der Waals surface area contributed by atoms with Crippen molar-refractivity contribution >= 4 is 29.3 Å². The van der Waals surface area contributed by atoms with E-state index in [9.17, 15) is 4.79 Å². The number of hydrogen-bond donors (Lipinski definition) is 2. The Morgan fingerprint density at radius 2 is 2.17 bits per heavy atom. The minimum atomic E-state index is 0.00702. The number of carbonyl (C=O) groups is 1. The number of amides is 1. The summed E-state index contributed by atoms with van der Waals surface area (Å²) < 4.78 is 0. The van der Waals surface area contributed by atoms with Crippen molar-refractivity contribution in [2.45, 2.75) is 19.4 Å². The maximum atomic E-state index is 12.3. The molecule has 3 rings (SSSR count). The van der Waals surface area contributed by atoms with Gasteiger partial charge in [-0.25, -0.2) is 4.98 Å². The van der Waals surface area contributed by atoms with Gasteiger partial charge in [0.05, 0.1) is 0 Å². The summed E-state index contributed by atoms with van der Waals surface area (Å²) in [7, 11) is 0. The highest BCUT2D eigenvalue weighted by molar-refractivity contribution is 6.29. The van der Waals surface area contributed by atoms with Crippen molar-refractivity contribution in [3.8, 4) is 0 Å². The molecule has 0 unspecified atom stereocenters. The maximum absolute atomic E-state index is 12.3. The molecule has 0 aliphatic carbocycles. The number of nitrogen functional groups attached to an aromatic ring is 1. The number of anilines is 2. The van der Waals surface area contributed by atoms with Gasteiger partial charge in [-0.1, -0.05) is 17.7 Å². The Kier molecular flexibility index (Phi) is 5.10. The smallest absolute Gasteiger partial charge is 0.223 e. The molecule has 0 atom stereocenters. The molecule has 126 valence electrons. The molecule has 1 fully saturated rings. The van der Waals surface area contributed by atoms with Crippen LogP contribution in [0.3, 0.4) is 0 Å². The zero-order chi connectivity index (χ0) is 16.9. The number of hydrogen-bond acceptors (Lipinski definition) is 6. The van der Waals surface area contributed by atoms with Gasteiger partial charge in [0.25, 0.3) is 0 Å². The molecule has 1 aliphatic heterocycles. The molecular weight excluding hydrogens is 328 g/mol. The summed E-state index contributed by atoms with van der Waals surface area (Å²) in [6, 6.07) is 5.50. The van der Waals surface area contributed by atoms with Gasteiger partial charge < -0.3 is 16.0 Å². The molecule has 1 aliphatic rings. The van der Waals surface area contributed by atoms with Crippen LogP contribution in [0.2, 0.25) is 5.15 Å². The van der Waals surface area contributed by atoms with Gasteiger partial charge in [-0.15, -0.1) is 0 Å². The summed E-state index contributed by atoms with van der Waals surface area (Å²) in [5.74, 6) is 0.960. The summed E-state index contributed by atoms with van der Waals surface area (Å²) >= 11 is 5.92. The summed E-state index contributed by atoms with van der Waals surface area (Å²) in [5, 5.41) is 3.30. The number of aromatic nitrogens is 3. The van der Waals surface area contributed by atoms with Gasteiger partial charge in [-0.05, 0) is 24.5 Å². The van der Waals surface area contributed by atoms with Gasteiger partial charge in [0.2, 0.25) is 11.9 Å². The molecule has 7 nitrogen and oxygen atoms in total. The number of rotatable bonds is 4. The molecule has 0 spiro atoms. The van der Waals surface area contributed by atoms with Gasteiger partial charge in [-0.3, -0.25) is 9.78 Å². The highest BCUT2D eigenvalue weighted by atomic mass is 35.5. The monoisotopic (exact) mass is 346 g/mol. The Labute approximate surface area is 145 Å². The maximum Gasteiger partial charge on any atom is 0.223 e. The van der Waals surface area contributed by atoms with Crippen molar-refractivity contribution in [2.24, 2.45) is 5.92 Å². The van der Waals surface area contributed by atoms with Crippen LogP contribution in [0, 0.1) is 5.92 Å². The number of nitrogens with zero attached hydrogens (tertiary/aromatic N) is 4. The first-order valence-electron chi connectivity index (χ1n) is 7.83. The average Bonchev–Trinajstić information content (AvgIpc) is 2.60. The van der Waals surface area contributed by atoms with Crippen LogP contribution in [-0.2, 0) is 11.3 Å². The van der Waals surface area contributed by atoms with Crippen LogP contribution in [0.4, 0.5) is 11.8 Å². The van der Waals surface area contributed by atoms with E-state index in [0.717, 1.165) is 31.5 Å². The Balaban J connectivity index is 1.52. The molecule has 8 heteroatoms. The van der Waals surface area contributed by atoms with E-state index in [0.29, 0.717) is 17.5 Å². The zero-order valence-electron chi connectivity index (χ0n) is 13.2.